The smallest absolute Gasteiger partial charge is 0.320 e. The first-order valence-electron chi connectivity index (χ1n) is 13.4. The topological polar surface area (TPSA) is 40.4 Å². The number of aryl methyl sites for hydroxylation is 1. The molecule has 1 aromatic carbocycles. The largest absolute Gasteiger partial charge is 0.418 e. The highest BCUT2D eigenvalue weighted by Gasteiger charge is 2.43. The maximum atomic E-state index is 14.2. The molecular weight excluding hydrogens is 521 g/mol. The number of nitrogens with zero attached hydrogens (tertiary/aromatic N) is 6. The first-order chi connectivity index (χ1) is 18.7. The van der Waals surface area contributed by atoms with E-state index in [-0.39, 0.29) is 11.6 Å². The summed E-state index contributed by atoms with van der Waals surface area (Å²) in [5.41, 5.74) is 1.88. The van der Waals surface area contributed by atoms with Crippen LogP contribution in [0.25, 0.3) is 0 Å². The molecule has 0 saturated heterocycles. The van der Waals surface area contributed by atoms with E-state index in [0.717, 1.165) is 48.5 Å². The van der Waals surface area contributed by atoms with Gasteiger partial charge in [0.25, 0.3) is 0 Å². The Morgan fingerprint density at radius 1 is 1.21 bits per heavy atom. The van der Waals surface area contributed by atoms with E-state index in [1.54, 1.807) is 40.5 Å². The van der Waals surface area contributed by atoms with E-state index in [0.29, 0.717) is 23.9 Å². The Hall–Kier alpha value is -2.98. The van der Waals surface area contributed by atoms with Gasteiger partial charge in [0.05, 0.1) is 11.3 Å². The second kappa shape index (κ2) is 11.3. The van der Waals surface area contributed by atoms with E-state index >= 15 is 0 Å². The molecule has 0 radical (unpaired) electrons. The molecule has 0 spiro atoms. The summed E-state index contributed by atoms with van der Waals surface area (Å²) in [6.45, 7) is 6.73. The van der Waals surface area contributed by atoms with Crippen molar-refractivity contribution in [3.63, 3.8) is 0 Å². The summed E-state index contributed by atoms with van der Waals surface area (Å²) in [6.07, 6.45) is 7.41. The van der Waals surface area contributed by atoms with Crippen molar-refractivity contribution in [2.45, 2.75) is 51.1 Å². The lowest BCUT2D eigenvalue weighted by Crippen LogP contribution is -2.28. The lowest BCUT2D eigenvalue weighted by molar-refractivity contribution is -0.0909. The van der Waals surface area contributed by atoms with E-state index in [1.165, 1.54) is 12.5 Å². The van der Waals surface area contributed by atoms with Crippen LogP contribution in [0.15, 0.2) is 78.3 Å². The number of anilines is 1. The molecule has 0 amide bonds. The number of likely N-dealkylation sites (N-methyl/N-ethyl adjacent to an activating group) is 1. The van der Waals surface area contributed by atoms with E-state index in [1.807, 2.05) is 35.1 Å². The maximum absolute atomic E-state index is 14.2. The molecule has 3 heterocycles. The number of hydrogen-bond acceptors (Lipinski definition) is 6. The number of fused-ring (bicyclic) bond motifs is 1. The van der Waals surface area contributed by atoms with Crippen molar-refractivity contribution in [2.24, 2.45) is 13.0 Å². The molecular formula is C29H35F3N6S. The van der Waals surface area contributed by atoms with E-state index < -0.39 is 11.7 Å². The summed E-state index contributed by atoms with van der Waals surface area (Å²) in [6, 6.07) is 8.00. The van der Waals surface area contributed by atoms with Crippen LogP contribution in [0.5, 0.6) is 0 Å². The summed E-state index contributed by atoms with van der Waals surface area (Å²) >= 11 is 1.64. The molecule has 1 aromatic heterocycles. The molecule has 6 nitrogen and oxygen atoms in total. The van der Waals surface area contributed by atoms with Crippen LogP contribution in [-0.2, 0) is 7.05 Å². The molecule has 0 N–H and O–H groups in total. The zero-order valence-electron chi connectivity index (χ0n) is 22.7. The summed E-state index contributed by atoms with van der Waals surface area (Å²) in [5.74, 6) is 2.86. The molecule has 2 aromatic rings. The fraction of sp³-hybridized carbons (Fsp3) is 0.448. The third-order valence-corrected chi connectivity index (χ3v) is 8.68. The zero-order chi connectivity index (χ0) is 27.7. The van der Waals surface area contributed by atoms with Crippen LogP contribution in [-0.4, -0.2) is 49.5 Å². The van der Waals surface area contributed by atoms with Crippen molar-refractivity contribution < 1.29 is 13.2 Å². The Bertz CT molecular complexity index is 1310. The quantitative estimate of drug-likeness (QED) is 0.233. The number of halogens is 3. The van der Waals surface area contributed by atoms with Crippen LogP contribution < -0.4 is 4.90 Å². The van der Waals surface area contributed by atoms with Gasteiger partial charge in [-0.25, -0.2) is 4.31 Å². The molecule has 39 heavy (non-hydrogen) atoms. The van der Waals surface area contributed by atoms with Crippen molar-refractivity contribution in [3.05, 3.63) is 89.7 Å². The van der Waals surface area contributed by atoms with E-state index in [2.05, 4.69) is 35.8 Å². The van der Waals surface area contributed by atoms with Crippen LogP contribution >= 0.6 is 11.9 Å². The van der Waals surface area contributed by atoms with Gasteiger partial charge in [0.15, 0.2) is 0 Å². The monoisotopic (exact) mass is 556 g/mol. The van der Waals surface area contributed by atoms with Crippen LogP contribution in [0.2, 0.25) is 0 Å². The second-order valence-corrected chi connectivity index (χ2v) is 11.8. The first-order valence-corrected chi connectivity index (χ1v) is 14.4. The second-order valence-electron chi connectivity index (χ2n) is 10.5. The molecule has 208 valence electrons. The Morgan fingerprint density at radius 2 is 2.00 bits per heavy atom. The number of allylic oxidation sites excluding steroid dienone is 1. The molecule has 2 aliphatic heterocycles. The summed E-state index contributed by atoms with van der Waals surface area (Å²) < 4.78 is 46.7. The maximum Gasteiger partial charge on any atom is 0.418 e. The third-order valence-electron chi connectivity index (χ3n) is 7.64. The molecule has 1 unspecified atom stereocenters. The predicted octanol–water partition coefficient (Wildman–Crippen LogP) is 6.95. The standard InChI is InChI=1S/C29H35F3N6S/c1-5-6-13-39-36(4)16-21-14-25(29(30,31)32)26-18-37(20(2)38(26)17-21)24-12-8-11-23(15-24)27(22-9-7-10-22)28-34-33-19-35(28)3/h8,11-12,14-15,17-19,22,27H,2,5-7,9-10,13,16H2,1,3-4H3. The molecule has 1 aliphatic carbocycles. The number of rotatable bonds is 10. The lowest BCUT2D eigenvalue weighted by Gasteiger charge is -2.34. The Kier molecular flexibility index (Phi) is 7.96. The highest BCUT2D eigenvalue weighted by molar-refractivity contribution is 7.96. The Labute approximate surface area is 232 Å². The molecule has 5 rings (SSSR count). The molecule has 10 heteroatoms. The lowest BCUT2D eigenvalue weighted by atomic mass is 9.72. The van der Waals surface area contributed by atoms with Gasteiger partial charge in [-0.2, -0.15) is 13.2 Å². The normalized spacial score (nSPS) is 18.6. The number of unbranched alkanes of at least 4 members (excludes halogenated alkanes) is 1. The molecule has 1 saturated carbocycles. The van der Waals surface area contributed by atoms with Gasteiger partial charge in [0, 0.05) is 43.4 Å². The van der Waals surface area contributed by atoms with Gasteiger partial charge < -0.3 is 14.4 Å². The minimum Gasteiger partial charge on any atom is -0.320 e. The Balaban J connectivity index is 1.44. The average molecular weight is 557 g/mol. The number of aromatic nitrogens is 3. The van der Waals surface area contributed by atoms with Gasteiger partial charge in [0.1, 0.15) is 18.0 Å². The minimum absolute atomic E-state index is 0.0789. The van der Waals surface area contributed by atoms with Crippen LogP contribution in [0.4, 0.5) is 18.9 Å². The number of alkyl halides is 3. The van der Waals surface area contributed by atoms with Crippen LogP contribution in [0.1, 0.15) is 56.3 Å². The van der Waals surface area contributed by atoms with Crippen molar-refractivity contribution in [1.29, 1.82) is 0 Å². The van der Waals surface area contributed by atoms with Gasteiger partial charge in [-0.05, 0) is 61.6 Å². The van der Waals surface area contributed by atoms with E-state index in [4.69, 9.17) is 0 Å². The fourth-order valence-corrected chi connectivity index (χ4v) is 6.34. The predicted molar refractivity (Wildman–Crippen MR) is 150 cm³/mol. The van der Waals surface area contributed by atoms with Gasteiger partial charge in [0.2, 0.25) is 0 Å². The summed E-state index contributed by atoms with van der Waals surface area (Å²) in [4.78, 5) is 3.33. The van der Waals surface area contributed by atoms with Crippen molar-refractivity contribution in [2.75, 3.05) is 24.2 Å². The van der Waals surface area contributed by atoms with E-state index in [9.17, 15) is 13.2 Å². The molecule has 1 fully saturated rings. The molecule has 1 atom stereocenters. The summed E-state index contributed by atoms with van der Waals surface area (Å²) in [5, 5.41) is 8.50. The van der Waals surface area contributed by atoms with Crippen molar-refractivity contribution in [3.8, 4) is 0 Å². The third kappa shape index (κ3) is 5.68. The van der Waals surface area contributed by atoms with Crippen LogP contribution in [0, 0.1) is 5.92 Å². The highest BCUT2D eigenvalue weighted by Crippen LogP contribution is 2.46. The number of benzene rings is 1. The van der Waals surface area contributed by atoms with Gasteiger partial charge in [-0.3, -0.25) is 0 Å². The average Bonchev–Trinajstić information content (AvgIpc) is 3.43. The van der Waals surface area contributed by atoms with Crippen molar-refractivity contribution in [1.82, 2.24) is 24.0 Å². The van der Waals surface area contributed by atoms with Crippen LogP contribution in [0.3, 0.4) is 0 Å². The summed E-state index contributed by atoms with van der Waals surface area (Å²) in [7, 11) is 3.87. The number of hydrogen-bond donors (Lipinski definition) is 0. The van der Waals surface area contributed by atoms with Gasteiger partial charge >= 0.3 is 6.18 Å². The zero-order valence-corrected chi connectivity index (χ0v) is 23.5. The van der Waals surface area contributed by atoms with Gasteiger partial charge in [-0.1, -0.05) is 50.4 Å². The SMILES string of the molecule is C=C1N2C=C(CN(C)SCCCC)C=C(C(F)(F)F)C2=CN1c1cccc(C(c2nncn2C)C2CCC2)c1. The van der Waals surface area contributed by atoms with Gasteiger partial charge in [-0.15, -0.1) is 10.2 Å². The highest BCUT2D eigenvalue weighted by atomic mass is 32.2. The minimum atomic E-state index is -4.49. The fourth-order valence-electron chi connectivity index (χ4n) is 5.37. The molecule has 0 bridgehead atoms. The Morgan fingerprint density at radius 3 is 2.64 bits per heavy atom. The first kappa shape index (κ1) is 27.6. The molecule has 3 aliphatic rings. The van der Waals surface area contributed by atoms with Crippen molar-refractivity contribution >= 4 is 17.6 Å².